The first kappa shape index (κ1) is 20.8. The number of anilines is 1. The van der Waals surface area contributed by atoms with E-state index in [0.29, 0.717) is 42.4 Å². The monoisotopic (exact) mass is 418 g/mol. The average Bonchev–Trinajstić information content (AvgIpc) is 2.76. The zero-order chi connectivity index (χ0) is 22.0. The van der Waals surface area contributed by atoms with Crippen LogP contribution in [0.1, 0.15) is 48.7 Å². The summed E-state index contributed by atoms with van der Waals surface area (Å²) in [4.78, 5) is 38.3. The molecular formula is C23H26N6O2. The highest BCUT2D eigenvalue weighted by atomic mass is 16.2. The Balaban J connectivity index is 1.61. The van der Waals surface area contributed by atoms with Crippen LogP contribution in [0.15, 0.2) is 30.5 Å². The Kier molecular flexibility index (Phi) is 5.85. The van der Waals surface area contributed by atoms with Gasteiger partial charge in [0.05, 0.1) is 11.9 Å². The molecule has 31 heavy (non-hydrogen) atoms. The van der Waals surface area contributed by atoms with E-state index >= 15 is 0 Å². The van der Waals surface area contributed by atoms with Gasteiger partial charge < -0.3 is 15.5 Å². The van der Waals surface area contributed by atoms with Crippen molar-refractivity contribution in [2.24, 2.45) is 5.92 Å². The lowest BCUT2D eigenvalue weighted by molar-refractivity contribution is -0.141. The first-order valence-electron chi connectivity index (χ1n) is 10.7. The van der Waals surface area contributed by atoms with Crippen LogP contribution in [0.25, 0.3) is 11.3 Å². The van der Waals surface area contributed by atoms with Crippen molar-refractivity contribution in [3.05, 3.63) is 41.7 Å². The van der Waals surface area contributed by atoms with Crippen molar-refractivity contribution in [3.63, 3.8) is 0 Å². The summed E-state index contributed by atoms with van der Waals surface area (Å²) in [5.74, 6) is 0.485. The van der Waals surface area contributed by atoms with E-state index < -0.39 is 6.04 Å². The number of carbonyl (C=O) groups excluding carboxylic acids is 2. The average molecular weight is 419 g/mol. The Labute approximate surface area is 181 Å². The van der Waals surface area contributed by atoms with E-state index in [-0.39, 0.29) is 23.3 Å². The number of nitrogen functional groups attached to an aromatic ring is 1. The van der Waals surface area contributed by atoms with Crippen molar-refractivity contribution in [1.29, 1.82) is 5.26 Å². The van der Waals surface area contributed by atoms with Crippen molar-refractivity contribution in [2.75, 3.05) is 25.4 Å². The number of benzene rings is 1. The maximum Gasteiger partial charge on any atom is 0.254 e. The van der Waals surface area contributed by atoms with Gasteiger partial charge in [-0.2, -0.15) is 5.26 Å². The molecule has 2 heterocycles. The van der Waals surface area contributed by atoms with Crippen molar-refractivity contribution in [1.82, 2.24) is 19.8 Å². The molecule has 0 spiro atoms. The quantitative estimate of drug-likeness (QED) is 0.797. The molecule has 2 amide bonds. The Bertz CT molecular complexity index is 1040. The van der Waals surface area contributed by atoms with Gasteiger partial charge in [0.2, 0.25) is 5.91 Å². The fourth-order valence-corrected chi connectivity index (χ4v) is 4.27. The number of carbonyl (C=O) groups is 2. The number of nitrogens with zero attached hydrogens (tertiary/aromatic N) is 5. The predicted molar refractivity (Wildman–Crippen MR) is 116 cm³/mol. The maximum absolute atomic E-state index is 13.4. The smallest absolute Gasteiger partial charge is 0.254 e. The van der Waals surface area contributed by atoms with E-state index in [9.17, 15) is 9.59 Å². The zero-order valence-electron chi connectivity index (χ0n) is 17.6. The van der Waals surface area contributed by atoms with Gasteiger partial charge >= 0.3 is 0 Å². The highest BCUT2D eigenvalue weighted by Crippen LogP contribution is 2.33. The Morgan fingerprint density at radius 2 is 2.13 bits per heavy atom. The predicted octanol–water partition coefficient (Wildman–Crippen LogP) is 2.46. The summed E-state index contributed by atoms with van der Waals surface area (Å²) in [6.45, 7) is 3.72. The number of aromatic nitrogens is 2. The molecule has 1 saturated heterocycles. The van der Waals surface area contributed by atoms with Gasteiger partial charge in [0.25, 0.3) is 5.91 Å². The summed E-state index contributed by atoms with van der Waals surface area (Å²) >= 11 is 0. The highest BCUT2D eigenvalue weighted by Gasteiger charge is 2.39. The summed E-state index contributed by atoms with van der Waals surface area (Å²) in [6, 6.07) is 8.59. The van der Waals surface area contributed by atoms with Crippen LogP contribution < -0.4 is 5.73 Å². The molecule has 0 radical (unpaired) electrons. The molecule has 1 aliphatic heterocycles. The van der Waals surface area contributed by atoms with Crippen LogP contribution in [-0.2, 0) is 4.79 Å². The lowest BCUT2D eigenvalue weighted by Crippen LogP contribution is -2.59. The summed E-state index contributed by atoms with van der Waals surface area (Å²) < 4.78 is 0. The van der Waals surface area contributed by atoms with Crippen LogP contribution in [0.5, 0.6) is 0 Å². The molecule has 4 rings (SSSR count). The van der Waals surface area contributed by atoms with E-state index in [1.165, 1.54) is 12.6 Å². The zero-order valence-corrected chi connectivity index (χ0v) is 17.6. The van der Waals surface area contributed by atoms with Crippen LogP contribution in [-0.4, -0.2) is 57.3 Å². The number of likely N-dealkylation sites (N-methyl/N-ethyl adjacent to an activating group) is 1. The molecule has 2 aromatic rings. The van der Waals surface area contributed by atoms with Gasteiger partial charge in [0.1, 0.15) is 12.1 Å². The van der Waals surface area contributed by atoms with Crippen molar-refractivity contribution in [2.45, 2.75) is 38.6 Å². The van der Waals surface area contributed by atoms with Gasteiger partial charge in [-0.1, -0.05) is 31.4 Å². The summed E-state index contributed by atoms with van der Waals surface area (Å²) in [7, 11) is 0. The van der Waals surface area contributed by atoms with Crippen LogP contribution in [0, 0.1) is 17.2 Å². The lowest BCUT2D eigenvalue weighted by atomic mass is 9.80. The molecule has 1 aliphatic carbocycles. The van der Waals surface area contributed by atoms with Gasteiger partial charge in [-0.05, 0) is 31.4 Å². The number of rotatable bonds is 5. The minimum atomic E-state index is -0.406. The number of piperazine rings is 1. The molecule has 1 aromatic heterocycles. The molecule has 8 nitrogen and oxygen atoms in total. The van der Waals surface area contributed by atoms with E-state index in [1.54, 1.807) is 23.1 Å². The summed E-state index contributed by atoms with van der Waals surface area (Å²) in [5, 5.41) is 9.17. The number of nitriles is 1. The van der Waals surface area contributed by atoms with Gasteiger partial charge in [-0.25, -0.2) is 9.97 Å². The van der Waals surface area contributed by atoms with Gasteiger partial charge in [0.15, 0.2) is 11.5 Å². The third kappa shape index (κ3) is 4.08. The summed E-state index contributed by atoms with van der Waals surface area (Å²) in [6.07, 6.45) is 5.68. The fraction of sp³-hybridized carbons (Fsp3) is 0.435. The van der Waals surface area contributed by atoms with Crippen LogP contribution in [0.2, 0.25) is 0 Å². The molecule has 1 saturated carbocycles. The second-order valence-electron chi connectivity index (χ2n) is 8.15. The number of nitrogens with two attached hydrogens (primary N) is 1. The van der Waals surface area contributed by atoms with E-state index in [0.717, 1.165) is 19.3 Å². The third-order valence-electron chi connectivity index (χ3n) is 6.32. The second-order valence-corrected chi connectivity index (χ2v) is 8.15. The SMILES string of the molecule is CCN1CCN(C(=O)c2cccc(-c3cnc(N)c(C#N)n3)c2)C(CC2CCC2)C1=O. The van der Waals surface area contributed by atoms with E-state index in [1.807, 2.05) is 24.0 Å². The Morgan fingerprint density at radius 3 is 2.81 bits per heavy atom. The first-order chi connectivity index (χ1) is 15.0. The minimum absolute atomic E-state index is 0.0493. The molecule has 8 heteroatoms. The lowest BCUT2D eigenvalue weighted by Gasteiger charge is -2.42. The van der Waals surface area contributed by atoms with Gasteiger partial charge in [-0.3, -0.25) is 9.59 Å². The molecule has 1 aromatic carbocycles. The van der Waals surface area contributed by atoms with Crippen LogP contribution in [0.4, 0.5) is 5.82 Å². The normalized spacial score (nSPS) is 19.1. The molecule has 1 atom stereocenters. The number of hydrogen-bond acceptors (Lipinski definition) is 6. The topological polar surface area (TPSA) is 116 Å². The van der Waals surface area contributed by atoms with Gasteiger partial charge in [-0.15, -0.1) is 0 Å². The van der Waals surface area contributed by atoms with Crippen molar-refractivity contribution in [3.8, 4) is 17.3 Å². The molecule has 2 N–H and O–H groups in total. The van der Waals surface area contributed by atoms with Crippen molar-refractivity contribution < 1.29 is 9.59 Å². The Morgan fingerprint density at radius 1 is 1.32 bits per heavy atom. The number of hydrogen-bond donors (Lipinski definition) is 1. The standard InChI is InChI=1S/C23H26N6O2/c1-2-28-9-10-29(20(23(28)31)11-15-5-3-6-15)22(30)17-8-4-7-16(12-17)19-14-26-21(25)18(13-24)27-19/h4,7-8,12,14-15,20H,2-3,5-6,9-11H2,1H3,(H2,25,26). The minimum Gasteiger partial charge on any atom is -0.381 e. The summed E-state index contributed by atoms with van der Waals surface area (Å²) in [5.41, 5.74) is 7.35. The first-order valence-corrected chi connectivity index (χ1v) is 10.7. The molecule has 160 valence electrons. The fourth-order valence-electron chi connectivity index (χ4n) is 4.27. The van der Waals surface area contributed by atoms with Crippen LogP contribution >= 0.6 is 0 Å². The highest BCUT2D eigenvalue weighted by molar-refractivity contribution is 5.99. The van der Waals surface area contributed by atoms with Crippen molar-refractivity contribution >= 4 is 17.6 Å². The molecule has 2 aliphatic rings. The Hall–Kier alpha value is -3.47. The largest absolute Gasteiger partial charge is 0.381 e. The molecular weight excluding hydrogens is 392 g/mol. The molecule has 1 unspecified atom stereocenters. The van der Waals surface area contributed by atoms with E-state index in [4.69, 9.17) is 11.0 Å². The maximum atomic E-state index is 13.4. The van der Waals surface area contributed by atoms with Crippen LogP contribution in [0.3, 0.4) is 0 Å². The molecule has 0 bridgehead atoms. The molecule has 2 fully saturated rings. The third-order valence-corrected chi connectivity index (χ3v) is 6.32. The van der Waals surface area contributed by atoms with E-state index in [2.05, 4.69) is 9.97 Å². The second kappa shape index (κ2) is 8.72. The number of amides is 2. The van der Waals surface area contributed by atoms with Gasteiger partial charge in [0, 0.05) is 30.8 Å².